The first-order chi connectivity index (χ1) is 14.0. The van der Waals surface area contributed by atoms with Gasteiger partial charge in [-0.1, -0.05) is 6.07 Å². The number of nitrogens with zero attached hydrogens (tertiary/aromatic N) is 1. The first kappa shape index (κ1) is 20.1. The summed E-state index contributed by atoms with van der Waals surface area (Å²) < 4.78 is 46.2. The van der Waals surface area contributed by atoms with Crippen LogP contribution < -0.4 is 14.9 Å². The second kappa shape index (κ2) is 8.69. The van der Waals surface area contributed by atoms with Crippen molar-refractivity contribution in [2.75, 3.05) is 35.9 Å². The molecular weight excluding hydrogens is 393 g/mol. The lowest BCUT2D eigenvalue weighted by molar-refractivity contribution is 0.186. The van der Waals surface area contributed by atoms with Crippen LogP contribution in [0.15, 0.2) is 53.4 Å². The van der Waals surface area contributed by atoms with E-state index < -0.39 is 15.8 Å². The standard InChI is InChI=1S/C21H26FN3O3S/c22-16-4-6-21(7-5-16)29(26,27)24-18-2-1-3-20(14-18)25-11-8-17(9-12-25)23-19-10-13-28-15-19/h1-7,14,17,19,23-24H,8-13,15H2/t19-/m0/s1. The second-order valence-corrected chi connectivity index (χ2v) is 9.28. The average molecular weight is 420 g/mol. The van der Waals surface area contributed by atoms with Gasteiger partial charge in [0.2, 0.25) is 0 Å². The second-order valence-electron chi connectivity index (χ2n) is 7.60. The number of benzene rings is 2. The first-order valence-electron chi connectivity index (χ1n) is 9.97. The molecule has 29 heavy (non-hydrogen) atoms. The molecule has 4 rings (SSSR count). The summed E-state index contributed by atoms with van der Waals surface area (Å²) in [5.74, 6) is -0.468. The van der Waals surface area contributed by atoms with Crippen LogP contribution in [0.1, 0.15) is 19.3 Å². The van der Waals surface area contributed by atoms with Gasteiger partial charge < -0.3 is 15.0 Å². The van der Waals surface area contributed by atoms with Gasteiger partial charge in [-0.25, -0.2) is 12.8 Å². The Labute approximate surface area is 171 Å². The Balaban J connectivity index is 1.38. The van der Waals surface area contributed by atoms with Gasteiger partial charge in [-0.15, -0.1) is 0 Å². The zero-order valence-electron chi connectivity index (χ0n) is 16.2. The van der Waals surface area contributed by atoms with Crippen molar-refractivity contribution < 1.29 is 17.5 Å². The molecule has 0 aliphatic carbocycles. The normalized spacial score (nSPS) is 20.7. The zero-order chi connectivity index (χ0) is 20.3. The van der Waals surface area contributed by atoms with Crippen LogP contribution in [0, 0.1) is 5.82 Å². The molecule has 2 aromatic carbocycles. The van der Waals surface area contributed by atoms with Crippen LogP contribution in [-0.2, 0) is 14.8 Å². The lowest BCUT2D eigenvalue weighted by Crippen LogP contribution is -2.46. The molecule has 2 N–H and O–H groups in total. The van der Waals surface area contributed by atoms with E-state index in [0.29, 0.717) is 17.8 Å². The van der Waals surface area contributed by atoms with Crippen LogP contribution in [0.5, 0.6) is 0 Å². The number of ether oxygens (including phenoxy) is 1. The van der Waals surface area contributed by atoms with Crippen molar-refractivity contribution in [2.24, 2.45) is 0 Å². The van der Waals surface area contributed by atoms with Crippen molar-refractivity contribution in [1.82, 2.24) is 5.32 Å². The van der Waals surface area contributed by atoms with Gasteiger partial charge in [-0.05, 0) is 61.7 Å². The van der Waals surface area contributed by atoms with Crippen molar-refractivity contribution >= 4 is 21.4 Å². The molecule has 2 fully saturated rings. The minimum absolute atomic E-state index is 0.0343. The third kappa shape index (κ3) is 5.07. The summed E-state index contributed by atoms with van der Waals surface area (Å²) in [6, 6.07) is 13.2. The van der Waals surface area contributed by atoms with Gasteiger partial charge in [0.05, 0.1) is 17.2 Å². The molecular formula is C21H26FN3O3S. The van der Waals surface area contributed by atoms with E-state index in [4.69, 9.17) is 4.74 Å². The molecule has 0 aromatic heterocycles. The summed E-state index contributed by atoms with van der Waals surface area (Å²) in [4.78, 5) is 2.31. The topological polar surface area (TPSA) is 70.7 Å². The number of halogens is 1. The number of rotatable bonds is 6. The summed E-state index contributed by atoms with van der Waals surface area (Å²) in [6.07, 6.45) is 3.17. The lowest BCUT2D eigenvalue weighted by Gasteiger charge is -2.35. The molecule has 2 saturated heterocycles. The predicted octanol–water partition coefficient (Wildman–Crippen LogP) is 2.97. The van der Waals surface area contributed by atoms with E-state index in [-0.39, 0.29) is 4.90 Å². The molecule has 2 aromatic rings. The monoisotopic (exact) mass is 419 g/mol. The van der Waals surface area contributed by atoms with Crippen LogP contribution in [-0.4, -0.2) is 46.8 Å². The molecule has 8 heteroatoms. The van der Waals surface area contributed by atoms with E-state index in [1.165, 1.54) is 12.1 Å². The SMILES string of the molecule is O=S(=O)(Nc1cccc(N2CCC(N[C@H]3CCOC3)CC2)c1)c1ccc(F)cc1. The Morgan fingerprint density at radius 2 is 1.76 bits per heavy atom. The van der Waals surface area contributed by atoms with Crippen molar-refractivity contribution in [3.05, 3.63) is 54.3 Å². The number of piperidine rings is 1. The Morgan fingerprint density at radius 3 is 2.45 bits per heavy atom. The van der Waals surface area contributed by atoms with E-state index in [1.54, 1.807) is 6.07 Å². The van der Waals surface area contributed by atoms with Gasteiger partial charge in [-0.3, -0.25) is 4.72 Å². The van der Waals surface area contributed by atoms with Crippen molar-refractivity contribution in [3.63, 3.8) is 0 Å². The van der Waals surface area contributed by atoms with Gasteiger partial charge in [0.25, 0.3) is 10.0 Å². The van der Waals surface area contributed by atoms with Gasteiger partial charge in [0.1, 0.15) is 5.82 Å². The lowest BCUT2D eigenvalue weighted by atomic mass is 10.0. The van der Waals surface area contributed by atoms with Gasteiger partial charge in [0.15, 0.2) is 0 Å². The maximum absolute atomic E-state index is 13.1. The molecule has 0 saturated carbocycles. The number of hydrogen-bond acceptors (Lipinski definition) is 5. The fraction of sp³-hybridized carbons (Fsp3) is 0.429. The number of nitrogens with one attached hydrogen (secondary N) is 2. The fourth-order valence-electron chi connectivity index (χ4n) is 3.90. The highest BCUT2D eigenvalue weighted by atomic mass is 32.2. The van der Waals surface area contributed by atoms with Crippen molar-refractivity contribution in [3.8, 4) is 0 Å². The minimum Gasteiger partial charge on any atom is -0.380 e. The Bertz CT molecular complexity index is 922. The first-order valence-corrected chi connectivity index (χ1v) is 11.5. The average Bonchev–Trinajstić information content (AvgIpc) is 3.22. The number of hydrogen-bond donors (Lipinski definition) is 2. The smallest absolute Gasteiger partial charge is 0.261 e. The molecule has 1 atom stereocenters. The van der Waals surface area contributed by atoms with Gasteiger partial charge >= 0.3 is 0 Å². The zero-order valence-corrected chi connectivity index (χ0v) is 17.0. The molecule has 0 bridgehead atoms. The maximum Gasteiger partial charge on any atom is 0.261 e. The minimum atomic E-state index is -3.76. The Hall–Kier alpha value is -2.16. The van der Waals surface area contributed by atoms with E-state index >= 15 is 0 Å². The Morgan fingerprint density at radius 1 is 1.00 bits per heavy atom. The van der Waals surface area contributed by atoms with Gasteiger partial charge in [-0.2, -0.15) is 0 Å². The van der Waals surface area contributed by atoms with Crippen molar-refractivity contribution in [2.45, 2.75) is 36.2 Å². The molecule has 2 heterocycles. The molecule has 2 aliphatic rings. The summed E-state index contributed by atoms with van der Waals surface area (Å²) in [6.45, 7) is 3.48. The maximum atomic E-state index is 13.1. The van der Waals surface area contributed by atoms with E-state index in [0.717, 1.165) is 63.4 Å². The molecule has 0 unspecified atom stereocenters. The van der Waals surface area contributed by atoms with E-state index in [2.05, 4.69) is 14.9 Å². The predicted molar refractivity (Wildman–Crippen MR) is 111 cm³/mol. The summed E-state index contributed by atoms with van der Waals surface area (Å²) in [5.41, 5.74) is 1.49. The summed E-state index contributed by atoms with van der Waals surface area (Å²) >= 11 is 0. The third-order valence-electron chi connectivity index (χ3n) is 5.48. The third-order valence-corrected chi connectivity index (χ3v) is 6.88. The van der Waals surface area contributed by atoms with Crippen LogP contribution >= 0.6 is 0 Å². The van der Waals surface area contributed by atoms with Crippen LogP contribution in [0.2, 0.25) is 0 Å². The number of sulfonamides is 1. The highest BCUT2D eigenvalue weighted by Gasteiger charge is 2.24. The number of anilines is 2. The molecule has 0 radical (unpaired) electrons. The van der Waals surface area contributed by atoms with E-state index in [9.17, 15) is 12.8 Å². The fourth-order valence-corrected chi connectivity index (χ4v) is 4.95. The summed E-state index contributed by atoms with van der Waals surface area (Å²) in [5, 5.41) is 3.68. The highest BCUT2D eigenvalue weighted by Crippen LogP contribution is 2.25. The molecule has 0 spiro atoms. The molecule has 0 amide bonds. The molecule has 156 valence electrons. The van der Waals surface area contributed by atoms with Gasteiger partial charge in [0, 0.05) is 37.5 Å². The van der Waals surface area contributed by atoms with Crippen LogP contribution in [0.4, 0.5) is 15.8 Å². The molecule has 6 nitrogen and oxygen atoms in total. The quantitative estimate of drug-likeness (QED) is 0.753. The summed E-state index contributed by atoms with van der Waals surface area (Å²) in [7, 11) is -3.76. The molecule has 2 aliphatic heterocycles. The van der Waals surface area contributed by atoms with Crippen molar-refractivity contribution in [1.29, 1.82) is 0 Å². The van der Waals surface area contributed by atoms with Crippen LogP contribution in [0.3, 0.4) is 0 Å². The largest absolute Gasteiger partial charge is 0.380 e. The van der Waals surface area contributed by atoms with Crippen LogP contribution in [0.25, 0.3) is 0 Å². The van der Waals surface area contributed by atoms with E-state index in [1.807, 2.05) is 18.2 Å². The highest BCUT2D eigenvalue weighted by molar-refractivity contribution is 7.92. The Kier molecular flexibility index (Phi) is 6.03.